The molecular weight excluding hydrogens is 536 g/mol. The summed E-state index contributed by atoms with van der Waals surface area (Å²) in [5.74, 6) is -1.39. The summed E-state index contributed by atoms with van der Waals surface area (Å²) in [6.45, 7) is -1.45. The molecule has 0 amide bonds. The van der Waals surface area contributed by atoms with E-state index in [-0.39, 0.29) is 28.0 Å². The third-order valence-corrected chi connectivity index (χ3v) is 7.09. The van der Waals surface area contributed by atoms with Gasteiger partial charge in [0.1, 0.15) is 77.2 Å². The maximum Gasteiger partial charge on any atom is 0.197 e. The Bertz CT molecular complexity index is 1420. The number of ether oxygens (including phenoxy) is 3. The molecule has 14 nitrogen and oxygen atoms in total. The Labute approximate surface area is 225 Å². The van der Waals surface area contributed by atoms with Crippen LogP contribution in [0.4, 0.5) is 0 Å². The summed E-state index contributed by atoms with van der Waals surface area (Å²) in [4.78, 5) is 13.1. The van der Waals surface area contributed by atoms with Crippen LogP contribution in [-0.2, 0) is 14.2 Å². The number of fused-ring (bicyclic) bond motifs is 1. The smallest absolute Gasteiger partial charge is 0.197 e. The molecule has 14 heteroatoms. The van der Waals surface area contributed by atoms with Crippen molar-refractivity contribution < 1.29 is 64.6 Å². The second-order valence-corrected chi connectivity index (χ2v) is 9.62. The van der Waals surface area contributed by atoms with Crippen LogP contribution in [0.5, 0.6) is 17.2 Å². The highest BCUT2D eigenvalue weighted by Gasteiger charge is 2.52. The predicted molar refractivity (Wildman–Crippen MR) is 132 cm³/mol. The van der Waals surface area contributed by atoms with E-state index in [1.54, 1.807) is 0 Å². The summed E-state index contributed by atoms with van der Waals surface area (Å²) >= 11 is 0. The van der Waals surface area contributed by atoms with Gasteiger partial charge in [-0.3, -0.25) is 4.79 Å². The van der Waals surface area contributed by atoms with Crippen molar-refractivity contribution in [3.05, 3.63) is 52.2 Å². The van der Waals surface area contributed by atoms with Crippen LogP contribution in [0, 0.1) is 0 Å². The number of phenolic OH excluding ortho intramolecular Hbond substituents is 3. The molecule has 2 aliphatic rings. The minimum Gasteiger partial charge on any atom is -0.508 e. The topological polar surface area (TPSA) is 240 Å². The minimum absolute atomic E-state index is 0.0280. The van der Waals surface area contributed by atoms with Crippen LogP contribution in [-0.4, -0.2) is 108 Å². The maximum absolute atomic E-state index is 13.1. The molecule has 9 atom stereocenters. The monoisotopic (exact) mass is 564 g/mol. The number of hydrogen-bond donors (Lipinski definition) is 9. The van der Waals surface area contributed by atoms with E-state index in [0.29, 0.717) is 5.56 Å². The lowest BCUT2D eigenvalue weighted by atomic mass is 9.89. The molecule has 0 bridgehead atoms. The number of phenols is 3. The molecule has 0 unspecified atom stereocenters. The molecule has 0 aliphatic carbocycles. The van der Waals surface area contributed by atoms with Gasteiger partial charge in [-0.2, -0.15) is 0 Å². The molecule has 9 N–H and O–H groups in total. The molecule has 40 heavy (non-hydrogen) atoms. The van der Waals surface area contributed by atoms with Crippen LogP contribution in [0.25, 0.3) is 22.3 Å². The molecule has 2 aliphatic heterocycles. The van der Waals surface area contributed by atoms with Gasteiger partial charge in [-0.25, -0.2) is 0 Å². The molecule has 0 saturated carbocycles. The number of benzene rings is 2. The Morgan fingerprint density at radius 1 is 0.775 bits per heavy atom. The second-order valence-electron chi connectivity index (χ2n) is 9.62. The third-order valence-electron chi connectivity index (χ3n) is 7.09. The first-order chi connectivity index (χ1) is 19.0. The molecule has 2 aromatic carbocycles. The highest BCUT2D eigenvalue weighted by atomic mass is 16.7. The Balaban J connectivity index is 1.67. The van der Waals surface area contributed by atoms with E-state index in [9.17, 15) is 50.8 Å². The second kappa shape index (κ2) is 10.9. The van der Waals surface area contributed by atoms with Crippen LogP contribution < -0.4 is 5.43 Å². The number of aromatic hydroxyl groups is 3. The van der Waals surface area contributed by atoms with Crippen LogP contribution in [0.3, 0.4) is 0 Å². The van der Waals surface area contributed by atoms with Gasteiger partial charge in [0.05, 0.1) is 18.8 Å². The van der Waals surface area contributed by atoms with Crippen LogP contribution >= 0.6 is 0 Å². The van der Waals surface area contributed by atoms with Crippen molar-refractivity contribution in [3.8, 4) is 28.6 Å². The zero-order chi connectivity index (χ0) is 28.9. The Morgan fingerprint density at radius 2 is 1.40 bits per heavy atom. The van der Waals surface area contributed by atoms with Crippen molar-refractivity contribution in [1.29, 1.82) is 0 Å². The van der Waals surface area contributed by atoms with E-state index in [1.165, 1.54) is 24.3 Å². The largest absolute Gasteiger partial charge is 0.508 e. The number of aliphatic hydroxyl groups is 6. The fourth-order valence-electron chi connectivity index (χ4n) is 4.97. The molecule has 0 radical (unpaired) electrons. The quantitative estimate of drug-likeness (QED) is 0.167. The molecule has 3 aromatic rings. The molecule has 216 valence electrons. The Kier molecular flexibility index (Phi) is 7.71. The van der Waals surface area contributed by atoms with Gasteiger partial charge in [-0.1, -0.05) is 0 Å². The highest BCUT2D eigenvalue weighted by Crippen LogP contribution is 2.45. The average Bonchev–Trinajstić information content (AvgIpc) is 3.20. The summed E-state index contributed by atoms with van der Waals surface area (Å²) in [5, 5.41) is 91.9. The fraction of sp³-hybridized carbons (Fsp3) is 0.423. The SMILES string of the molecule is O=c1cc(-c2ccc(O)cc2)oc2c([C@H]3O[C@H](CO)[C@@H](O)[C@H](O)[C@H]3O[C@@H]3O[C@H](CO)[C@@H](O)[C@@H]3O)c(O)cc(O)c12. The van der Waals surface area contributed by atoms with E-state index in [1.807, 2.05) is 0 Å². The highest BCUT2D eigenvalue weighted by molar-refractivity contribution is 5.89. The number of hydrogen-bond acceptors (Lipinski definition) is 14. The van der Waals surface area contributed by atoms with Gasteiger partial charge >= 0.3 is 0 Å². The van der Waals surface area contributed by atoms with Crippen molar-refractivity contribution in [2.24, 2.45) is 0 Å². The fourth-order valence-corrected chi connectivity index (χ4v) is 4.97. The summed E-state index contributed by atoms with van der Waals surface area (Å²) in [7, 11) is 0. The van der Waals surface area contributed by atoms with E-state index in [4.69, 9.17) is 18.6 Å². The molecule has 5 rings (SSSR count). The first-order valence-electron chi connectivity index (χ1n) is 12.3. The summed E-state index contributed by atoms with van der Waals surface area (Å²) < 4.78 is 22.8. The third kappa shape index (κ3) is 4.79. The van der Waals surface area contributed by atoms with Gasteiger partial charge in [0, 0.05) is 17.7 Å². The van der Waals surface area contributed by atoms with Gasteiger partial charge in [-0.15, -0.1) is 0 Å². The van der Waals surface area contributed by atoms with Gasteiger partial charge in [0.15, 0.2) is 17.3 Å². The summed E-state index contributed by atoms with van der Waals surface area (Å²) in [5.41, 5.74) is -1.07. The van der Waals surface area contributed by atoms with Crippen molar-refractivity contribution in [3.63, 3.8) is 0 Å². The molecular formula is C26H28O14. The van der Waals surface area contributed by atoms with Crippen molar-refractivity contribution in [1.82, 2.24) is 0 Å². The zero-order valence-corrected chi connectivity index (χ0v) is 20.6. The van der Waals surface area contributed by atoms with Crippen molar-refractivity contribution >= 4 is 11.0 Å². The van der Waals surface area contributed by atoms with Crippen molar-refractivity contribution in [2.75, 3.05) is 13.2 Å². The van der Waals surface area contributed by atoms with Gasteiger partial charge in [0.2, 0.25) is 0 Å². The van der Waals surface area contributed by atoms with Crippen molar-refractivity contribution in [2.45, 2.75) is 55.1 Å². The molecule has 2 fully saturated rings. The average molecular weight is 564 g/mol. The lowest BCUT2D eigenvalue weighted by molar-refractivity contribution is -0.289. The van der Waals surface area contributed by atoms with Gasteiger partial charge < -0.3 is 64.6 Å². The van der Waals surface area contributed by atoms with Gasteiger partial charge in [0.25, 0.3) is 0 Å². The Morgan fingerprint density at radius 3 is 2.02 bits per heavy atom. The van der Waals surface area contributed by atoms with E-state index in [0.717, 1.165) is 12.1 Å². The molecule has 0 spiro atoms. The Hall–Kier alpha value is -3.31. The standard InChI is InChI=1S/C26H28O14/c27-7-15-19(33)21(35)25(40-26-22(36)20(34)16(8-28)39-26)24(38-15)18-12(31)5-11(30)17-13(32)6-14(37-23(17)18)9-1-3-10(29)4-2-9/h1-6,15-16,19-22,24-31,33-36H,7-8H2/t15-,16-,19-,20-,21+,22+,24-,25-,26+/m1/s1. The lowest BCUT2D eigenvalue weighted by Gasteiger charge is -2.43. The summed E-state index contributed by atoms with van der Waals surface area (Å²) in [6.07, 6.45) is -14.4. The summed E-state index contributed by atoms with van der Waals surface area (Å²) in [6, 6.07) is 7.52. The van der Waals surface area contributed by atoms with E-state index >= 15 is 0 Å². The molecule has 1 aromatic heterocycles. The molecule has 2 saturated heterocycles. The van der Waals surface area contributed by atoms with E-state index in [2.05, 4.69) is 0 Å². The van der Waals surface area contributed by atoms with Crippen LogP contribution in [0.1, 0.15) is 11.7 Å². The normalized spacial score (nSPS) is 32.5. The first-order valence-corrected chi connectivity index (χ1v) is 12.3. The lowest BCUT2D eigenvalue weighted by Crippen LogP contribution is -2.57. The minimum atomic E-state index is -1.84. The van der Waals surface area contributed by atoms with Crippen LogP contribution in [0.2, 0.25) is 0 Å². The number of rotatable bonds is 6. The van der Waals surface area contributed by atoms with E-state index < -0.39 is 85.3 Å². The number of aliphatic hydroxyl groups excluding tert-OH is 6. The first kappa shape index (κ1) is 28.2. The van der Waals surface area contributed by atoms with Crippen LogP contribution in [0.15, 0.2) is 45.6 Å². The predicted octanol–water partition coefficient (Wildman–Crippen LogP) is -1.45. The van der Waals surface area contributed by atoms with Gasteiger partial charge in [-0.05, 0) is 24.3 Å². The maximum atomic E-state index is 13.1. The molecule has 3 heterocycles. The zero-order valence-electron chi connectivity index (χ0n) is 20.6.